The lowest BCUT2D eigenvalue weighted by molar-refractivity contribution is 0.0698. The van der Waals surface area contributed by atoms with Crippen LogP contribution in [0.1, 0.15) is 15.9 Å². The third-order valence-corrected chi connectivity index (χ3v) is 2.52. The zero-order valence-corrected chi connectivity index (χ0v) is 9.82. The Bertz CT molecular complexity index is 650. The number of aliphatic imine (C=N–C) groups is 1. The summed E-state index contributed by atoms with van der Waals surface area (Å²) in [5, 5.41) is 27.9. The van der Waals surface area contributed by atoms with Gasteiger partial charge in [0.25, 0.3) is 0 Å². The van der Waals surface area contributed by atoms with Crippen LogP contribution in [0.15, 0.2) is 47.5 Å². The van der Waals surface area contributed by atoms with E-state index >= 15 is 0 Å². The van der Waals surface area contributed by atoms with Crippen LogP contribution in [0, 0.1) is 0 Å². The Morgan fingerprint density at radius 3 is 2.53 bits per heavy atom. The largest absolute Gasteiger partial charge is 0.504 e. The van der Waals surface area contributed by atoms with Crippen molar-refractivity contribution in [1.82, 2.24) is 0 Å². The molecule has 0 aliphatic carbocycles. The van der Waals surface area contributed by atoms with Crippen LogP contribution in [-0.2, 0) is 0 Å². The fourth-order valence-electron chi connectivity index (χ4n) is 1.56. The lowest BCUT2D eigenvalue weighted by Crippen LogP contribution is -1.96. The Morgan fingerprint density at radius 1 is 1.05 bits per heavy atom. The summed E-state index contributed by atoms with van der Waals surface area (Å²) in [7, 11) is 0. The smallest absolute Gasteiger partial charge is 0.337 e. The molecule has 0 spiro atoms. The first kappa shape index (κ1) is 12.6. The molecule has 0 amide bonds. The quantitative estimate of drug-likeness (QED) is 0.582. The van der Waals surface area contributed by atoms with Crippen LogP contribution in [0.5, 0.6) is 11.5 Å². The summed E-state index contributed by atoms with van der Waals surface area (Å²) in [5.74, 6) is -1.62. The van der Waals surface area contributed by atoms with E-state index in [9.17, 15) is 15.0 Å². The van der Waals surface area contributed by atoms with Crippen molar-refractivity contribution in [1.29, 1.82) is 0 Å². The second kappa shape index (κ2) is 5.22. The molecule has 0 radical (unpaired) electrons. The van der Waals surface area contributed by atoms with Gasteiger partial charge in [0.15, 0.2) is 11.5 Å². The highest BCUT2D eigenvalue weighted by molar-refractivity contribution is 5.95. The van der Waals surface area contributed by atoms with Crippen molar-refractivity contribution in [3.63, 3.8) is 0 Å². The summed E-state index contributed by atoms with van der Waals surface area (Å²) in [6.07, 6.45) is 1.30. The normalized spacial score (nSPS) is 10.7. The Hall–Kier alpha value is -2.82. The molecular weight excluding hydrogens is 246 g/mol. The summed E-state index contributed by atoms with van der Waals surface area (Å²) in [4.78, 5) is 15.0. The first-order chi connectivity index (χ1) is 9.09. The van der Waals surface area contributed by atoms with Crippen LogP contribution in [0.4, 0.5) is 5.69 Å². The van der Waals surface area contributed by atoms with Gasteiger partial charge in [0.2, 0.25) is 0 Å². The van der Waals surface area contributed by atoms with Gasteiger partial charge in [-0.25, -0.2) is 4.79 Å². The predicted octanol–water partition coefficient (Wildman–Crippen LogP) is 2.55. The molecule has 0 aromatic heterocycles. The van der Waals surface area contributed by atoms with Crippen molar-refractivity contribution in [2.45, 2.75) is 0 Å². The molecule has 0 bridgehead atoms. The number of hydrogen-bond acceptors (Lipinski definition) is 4. The van der Waals surface area contributed by atoms with Crippen molar-refractivity contribution >= 4 is 17.9 Å². The molecule has 3 N–H and O–H groups in total. The molecule has 0 saturated heterocycles. The van der Waals surface area contributed by atoms with E-state index in [2.05, 4.69) is 4.99 Å². The molecule has 0 unspecified atom stereocenters. The van der Waals surface area contributed by atoms with Gasteiger partial charge in [-0.05, 0) is 24.3 Å². The van der Waals surface area contributed by atoms with E-state index in [0.29, 0.717) is 5.56 Å². The number of carboxylic acids is 1. The van der Waals surface area contributed by atoms with Gasteiger partial charge in [-0.1, -0.05) is 18.2 Å². The first-order valence-corrected chi connectivity index (χ1v) is 5.47. The molecule has 96 valence electrons. The molecule has 0 saturated carbocycles. The van der Waals surface area contributed by atoms with Crippen molar-refractivity contribution in [3.05, 3.63) is 53.6 Å². The minimum atomic E-state index is -1.08. The predicted molar refractivity (Wildman–Crippen MR) is 70.4 cm³/mol. The maximum absolute atomic E-state index is 11.0. The third kappa shape index (κ3) is 2.71. The number of carboxylic acid groups (broad SMARTS) is 1. The standard InChI is InChI=1S/C14H11NO4/c16-12-7-3-4-9(13(12)17)8-15-11-6-2-1-5-10(11)14(18)19/h1-8,16-17H,(H,18,19)/b15-8+. The Balaban J connectivity index is 2.38. The van der Waals surface area contributed by atoms with E-state index in [4.69, 9.17) is 5.11 Å². The summed E-state index contributed by atoms with van der Waals surface area (Å²) in [6.45, 7) is 0. The number of aromatic carboxylic acids is 1. The zero-order valence-electron chi connectivity index (χ0n) is 9.82. The summed E-state index contributed by atoms with van der Waals surface area (Å²) in [6, 6.07) is 10.7. The van der Waals surface area contributed by atoms with E-state index < -0.39 is 5.97 Å². The monoisotopic (exact) mass is 257 g/mol. The molecule has 2 rings (SSSR count). The minimum Gasteiger partial charge on any atom is -0.504 e. The number of aromatic hydroxyl groups is 2. The highest BCUT2D eigenvalue weighted by atomic mass is 16.4. The molecular formula is C14H11NO4. The van der Waals surface area contributed by atoms with E-state index in [1.807, 2.05) is 0 Å². The van der Waals surface area contributed by atoms with Crippen LogP contribution in [-0.4, -0.2) is 27.5 Å². The van der Waals surface area contributed by atoms with Gasteiger partial charge < -0.3 is 15.3 Å². The second-order valence-corrected chi connectivity index (χ2v) is 3.80. The average Bonchev–Trinajstić information content (AvgIpc) is 2.40. The van der Waals surface area contributed by atoms with Crippen molar-refractivity contribution < 1.29 is 20.1 Å². The van der Waals surface area contributed by atoms with E-state index in [1.54, 1.807) is 30.3 Å². The highest BCUT2D eigenvalue weighted by Crippen LogP contribution is 2.27. The highest BCUT2D eigenvalue weighted by Gasteiger charge is 2.08. The van der Waals surface area contributed by atoms with Gasteiger partial charge >= 0.3 is 5.97 Å². The molecule has 0 fully saturated rings. The topological polar surface area (TPSA) is 90.1 Å². The number of carbonyl (C=O) groups is 1. The molecule has 5 heteroatoms. The number of nitrogens with zero attached hydrogens (tertiary/aromatic N) is 1. The fraction of sp³-hybridized carbons (Fsp3) is 0. The van der Waals surface area contributed by atoms with E-state index in [1.165, 1.54) is 18.3 Å². The zero-order chi connectivity index (χ0) is 13.8. The van der Waals surface area contributed by atoms with Crippen LogP contribution in [0.25, 0.3) is 0 Å². The fourth-order valence-corrected chi connectivity index (χ4v) is 1.56. The minimum absolute atomic E-state index is 0.0680. The van der Waals surface area contributed by atoms with Crippen molar-refractivity contribution in [2.75, 3.05) is 0 Å². The average molecular weight is 257 g/mol. The van der Waals surface area contributed by atoms with Crippen LogP contribution < -0.4 is 0 Å². The number of benzene rings is 2. The molecule has 5 nitrogen and oxygen atoms in total. The molecule has 0 aliphatic rings. The van der Waals surface area contributed by atoms with Crippen molar-refractivity contribution in [2.24, 2.45) is 4.99 Å². The number of phenolic OH excluding ortho intramolecular Hbond substituents is 2. The van der Waals surface area contributed by atoms with Gasteiger partial charge in [-0.2, -0.15) is 0 Å². The van der Waals surface area contributed by atoms with Crippen LogP contribution in [0.3, 0.4) is 0 Å². The Morgan fingerprint density at radius 2 is 1.79 bits per heavy atom. The number of hydrogen-bond donors (Lipinski definition) is 3. The SMILES string of the molecule is O=C(O)c1ccccc1/N=C/c1cccc(O)c1O. The van der Waals surface area contributed by atoms with Gasteiger partial charge in [-0.15, -0.1) is 0 Å². The third-order valence-electron chi connectivity index (χ3n) is 2.52. The van der Waals surface area contributed by atoms with Gasteiger partial charge in [0.05, 0.1) is 11.3 Å². The summed E-state index contributed by atoms with van der Waals surface area (Å²) < 4.78 is 0. The van der Waals surface area contributed by atoms with Crippen LogP contribution in [0.2, 0.25) is 0 Å². The number of rotatable bonds is 3. The molecule has 0 aliphatic heterocycles. The maximum Gasteiger partial charge on any atom is 0.337 e. The molecule has 0 atom stereocenters. The molecule has 0 heterocycles. The molecule has 19 heavy (non-hydrogen) atoms. The number of phenols is 2. The lowest BCUT2D eigenvalue weighted by Gasteiger charge is -2.02. The Kier molecular flexibility index (Phi) is 3.47. The van der Waals surface area contributed by atoms with Crippen molar-refractivity contribution in [3.8, 4) is 11.5 Å². The van der Waals surface area contributed by atoms with Crippen LogP contribution >= 0.6 is 0 Å². The van der Waals surface area contributed by atoms with Gasteiger partial charge in [0.1, 0.15) is 0 Å². The van der Waals surface area contributed by atoms with E-state index in [0.717, 1.165) is 0 Å². The number of para-hydroxylation sites is 2. The maximum atomic E-state index is 11.0. The Labute approximate surface area is 109 Å². The molecule has 2 aromatic carbocycles. The molecule has 2 aromatic rings. The second-order valence-electron chi connectivity index (χ2n) is 3.80. The lowest BCUT2D eigenvalue weighted by atomic mass is 10.1. The summed E-state index contributed by atoms with van der Waals surface area (Å²) >= 11 is 0. The van der Waals surface area contributed by atoms with Gasteiger partial charge in [0, 0.05) is 11.8 Å². The van der Waals surface area contributed by atoms with Gasteiger partial charge in [-0.3, -0.25) is 4.99 Å². The summed E-state index contributed by atoms with van der Waals surface area (Å²) in [5.41, 5.74) is 0.649. The first-order valence-electron chi connectivity index (χ1n) is 5.47. The van der Waals surface area contributed by atoms with E-state index in [-0.39, 0.29) is 22.7 Å².